The molecule has 12 nitrogen and oxygen atoms in total. The van der Waals surface area contributed by atoms with Crippen molar-refractivity contribution in [3.63, 3.8) is 0 Å². The lowest BCUT2D eigenvalue weighted by atomic mass is 9.81. The summed E-state index contributed by atoms with van der Waals surface area (Å²) in [4.78, 5) is 39.3. The standard InChI is InChI=1S/C36H39FN8O4/c1-36(2,3)49-35(48)39-21-23-9-13-26(14-10-23)33(46)41-31(34(47)40-27-17-15-25(16-18-27)32-42-44-45-43-32)19-22-7-11-24(12-8-22)28-5-4-6-30(37)29(28)20-38/h4-8,11-12,15-18,23,26,31H,9-10,13-14,19,21H2,1-3H3,(H,39,48)(H,40,47)(H,41,46)(H,42,43,44,45)/t23-,26-,31-/m0/s1. The molecule has 1 fully saturated rings. The summed E-state index contributed by atoms with van der Waals surface area (Å²) in [7, 11) is 0. The van der Waals surface area contributed by atoms with E-state index in [1.54, 1.807) is 60.7 Å². The van der Waals surface area contributed by atoms with Crippen LogP contribution < -0.4 is 16.0 Å². The zero-order chi connectivity index (χ0) is 35.0. The summed E-state index contributed by atoms with van der Waals surface area (Å²) in [5.41, 5.74) is 2.52. The predicted octanol–water partition coefficient (Wildman–Crippen LogP) is 5.54. The number of alkyl carbamates (subject to hydrolysis) is 1. The highest BCUT2D eigenvalue weighted by Gasteiger charge is 2.30. The summed E-state index contributed by atoms with van der Waals surface area (Å²) < 4.78 is 19.6. The Kier molecular flexibility index (Phi) is 11.0. The van der Waals surface area contributed by atoms with Crippen molar-refractivity contribution in [2.45, 2.75) is 64.5 Å². The van der Waals surface area contributed by atoms with Crippen molar-refractivity contribution < 1.29 is 23.5 Å². The van der Waals surface area contributed by atoms with Gasteiger partial charge in [-0.1, -0.05) is 36.4 Å². The molecule has 1 aliphatic rings. The first-order valence-electron chi connectivity index (χ1n) is 16.2. The van der Waals surface area contributed by atoms with Gasteiger partial charge in [-0.3, -0.25) is 9.59 Å². The van der Waals surface area contributed by atoms with Crippen LogP contribution >= 0.6 is 0 Å². The molecule has 0 unspecified atom stereocenters. The highest BCUT2D eigenvalue weighted by molar-refractivity contribution is 5.97. The minimum absolute atomic E-state index is 0.0412. The number of nitriles is 1. The number of hydrogen-bond donors (Lipinski definition) is 4. The molecule has 3 aromatic carbocycles. The van der Waals surface area contributed by atoms with Crippen molar-refractivity contribution in [2.24, 2.45) is 11.8 Å². The van der Waals surface area contributed by atoms with Gasteiger partial charge in [0.1, 0.15) is 23.5 Å². The first kappa shape index (κ1) is 34.7. The summed E-state index contributed by atoms with van der Waals surface area (Å²) in [6.07, 6.45) is 2.50. The Hall–Kier alpha value is -5.64. The van der Waals surface area contributed by atoms with Gasteiger partial charge in [-0.05, 0) is 99.0 Å². The van der Waals surface area contributed by atoms with Crippen LogP contribution in [-0.4, -0.2) is 56.7 Å². The third-order valence-electron chi connectivity index (χ3n) is 8.37. The summed E-state index contributed by atoms with van der Waals surface area (Å²) in [5.74, 6) is -0.825. The van der Waals surface area contributed by atoms with E-state index in [0.717, 1.165) is 18.4 Å². The van der Waals surface area contributed by atoms with Crippen molar-refractivity contribution in [3.05, 3.63) is 83.7 Å². The van der Waals surface area contributed by atoms with Gasteiger partial charge < -0.3 is 20.7 Å². The van der Waals surface area contributed by atoms with Crippen molar-refractivity contribution in [3.8, 4) is 28.6 Å². The van der Waals surface area contributed by atoms with E-state index in [1.807, 2.05) is 26.8 Å². The molecule has 0 bridgehead atoms. The van der Waals surface area contributed by atoms with Crippen LogP contribution in [0, 0.1) is 29.0 Å². The lowest BCUT2D eigenvalue weighted by Crippen LogP contribution is -2.48. The Morgan fingerprint density at radius 2 is 1.69 bits per heavy atom. The number of carbonyl (C=O) groups is 3. The fourth-order valence-electron chi connectivity index (χ4n) is 5.82. The number of nitrogens with one attached hydrogen (secondary N) is 4. The molecule has 4 aromatic rings. The third-order valence-corrected chi connectivity index (χ3v) is 8.37. The summed E-state index contributed by atoms with van der Waals surface area (Å²) in [6.45, 7) is 5.91. The van der Waals surface area contributed by atoms with Gasteiger partial charge in [0.05, 0.1) is 5.56 Å². The van der Waals surface area contributed by atoms with E-state index >= 15 is 0 Å². The summed E-state index contributed by atoms with van der Waals surface area (Å²) >= 11 is 0. The molecule has 254 valence electrons. The van der Waals surface area contributed by atoms with Crippen LogP contribution in [0.4, 0.5) is 14.9 Å². The number of nitrogens with zero attached hydrogens (tertiary/aromatic N) is 4. The SMILES string of the molecule is CC(C)(C)OC(=O)NC[C@H]1CC[C@H](C(=O)N[C@@H](Cc2ccc(-c3cccc(F)c3C#N)cc2)C(=O)Nc2ccc(-c3nn[nH]n3)cc2)CC1. The van der Waals surface area contributed by atoms with Gasteiger partial charge in [-0.15, -0.1) is 10.2 Å². The van der Waals surface area contributed by atoms with E-state index < -0.39 is 29.5 Å². The van der Waals surface area contributed by atoms with Gasteiger partial charge in [0.15, 0.2) is 0 Å². The number of amides is 3. The fourth-order valence-corrected chi connectivity index (χ4v) is 5.82. The highest BCUT2D eigenvalue weighted by Crippen LogP contribution is 2.29. The van der Waals surface area contributed by atoms with Gasteiger partial charge >= 0.3 is 6.09 Å². The Morgan fingerprint density at radius 3 is 2.33 bits per heavy atom. The molecule has 4 N–H and O–H groups in total. The molecular formula is C36H39FN8O4. The van der Waals surface area contributed by atoms with Gasteiger partial charge in [-0.2, -0.15) is 10.5 Å². The van der Waals surface area contributed by atoms with Crippen molar-refractivity contribution in [2.75, 3.05) is 11.9 Å². The molecule has 0 saturated heterocycles. The average Bonchev–Trinajstić information content (AvgIpc) is 3.62. The molecule has 0 radical (unpaired) electrons. The van der Waals surface area contributed by atoms with Crippen LogP contribution in [0.15, 0.2) is 66.7 Å². The summed E-state index contributed by atoms with van der Waals surface area (Å²) in [6, 6.07) is 19.6. The molecule has 1 saturated carbocycles. The van der Waals surface area contributed by atoms with Gasteiger partial charge in [0.25, 0.3) is 0 Å². The van der Waals surface area contributed by atoms with Crippen LogP contribution in [0.5, 0.6) is 0 Å². The lowest BCUT2D eigenvalue weighted by molar-refractivity contribution is -0.130. The van der Waals surface area contributed by atoms with E-state index in [2.05, 4.69) is 36.6 Å². The van der Waals surface area contributed by atoms with E-state index in [9.17, 15) is 24.0 Å². The van der Waals surface area contributed by atoms with Crippen molar-refractivity contribution in [1.82, 2.24) is 31.3 Å². The number of tetrazole rings is 1. The van der Waals surface area contributed by atoms with E-state index in [0.29, 0.717) is 47.6 Å². The molecular weight excluding hydrogens is 627 g/mol. The number of halogens is 1. The van der Waals surface area contributed by atoms with E-state index in [-0.39, 0.29) is 29.7 Å². The Balaban J connectivity index is 1.25. The number of rotatable bonds is 10. The normalized spacial score (nSPS) is 16.6. The van der Waals surface area contributed by atoms with Crippen LogP contribution in [0.2, 0.25) is 0 Å². The minimum atomic E-state index is -0.898. The molecule has 0 spiro atoms. The van der Waals surface area contributed by atoms with E-state index in [4.69, 9.17) is 4.74 Å². The third kappa shape index (κ3) is 9.47. The number of aromatic nitrogens is 4. The second-order valence-corrected chi connectivity index (χ2v) is 13.1. The molecule has 13 heteroatoms. The molecule has 1 atom stereocenters. The number of aromatic amines is 1. The first-order chi connectivity index (χ1) is 23.5. The highest BCUT2D eigenvalue weighted by atomic mass is 19.1. The monoisotopic (exact) mass is 666 g/mol. The summed E-state index contributed by atoms with van der Waals surface area (Å²) in [5, 5.41) is 32.1. The zero-order valence-corrected chi connectivity index (χ0v) is 27.6. The molecule has 5 rings (SSSR count). The van der Waals surface area contributed by atoms with Gasteiger partial charge in [-0.25, -0.2) is 9.18 Å². The lowest BCUT2D eigenvalue weighted by Gasteiger charge is -2.29. The van der Waals surface area contributed by atoms with Crippen molar-refractivity contribution in [1.29, 1.82) is 5.26 Å². The molecule has 49 heavy (non-hydrogen) atoms. The van der Waals surface area contributed by atoms with Gasteiger partial charge in [0, 0.05) is 35.7 Å². The van der Waals surface area contributed by atoms with Crippen molar-refractivity contribution >= 4 is 23.6 Å². The number of carbonyl (C=O) groups excluding carboxylic acids is 3. The second-order valence-electron chi connectivity index (χ2n) is 13.1. The molecule has 1 aliphatic carbocycles. The predicted molar refractivity (Wildman–Crippen MR) is 180 cm³/mol. The molecule has 1 aromatic heterocycles. The Labute approximate surface area is 283 Å². The maximum atomic E-state index is 14.2. The largest absolute Gasteiger partial charge is 0.444 e. The van der Waals surface area contributed by atoms with Gasteiger partial charge in [0.2, 0.25) is 17.6 Å². The van der Waals surface area contributed by atoms with E-state index in [1.165, 1.54) is 6.07 Å². The molecule has 3 amide bonds. The maximum absolute atomic E-state index is 14.2. The van der Waals surface area contributed by atoms with Crippen LogP contribution in [0.3, 0.4) is 0 Å². The number of ether oxygens (including phenoxy) is 1. The second kappa shape index (κ2) is 15.5. The zero-order valence-electron chi connectivity index (χ0n) is 27.6. The maximum Gasteiger partial charge on any atom is 0.407 e. The smallest absolute Gasteiger partial charge is 0.407 e. The molecule has 0 aliphatic heterocycles. The molecule has 1 heterocycles. The number of anilines is 1. The van der Waals surface area contributed by atoms with Crippen LogP contribution in [0.25, 0.3) is 22.5 Å². The quantitative estimate of drug-likeness (QED) is 0.171. The Morgan fingerprint density at radius 1 is 1.00 bits per heavy atom. The topological polar surface area (TPSA) is 175 Å². The number of benzene rings is 3. The van der Waals surface area contributed by atoms with Crippen LogP contribution in [0.1, 0.15) is 57.6 Å². The van der Waals surface area contributed by atoms with Crippen LogP contribution in [-0.2, 0) is 20.7 Å². The number of hydrogen-bond acceptors (Lipinski definition) is 8. The Bertz CT molecular complexity index is 1790. The average molecular weight is 667 g/mol. The minimum Gasteiger partial charge on any atom is -0.444 e. The number of H-pyrrole nitrogens is 1. The first-order valence-corrected chi connectivity index (χ1v) is 16.2. The fraction of sp³-hybridized carbons (Fsp3) is 0.361.